The van der Waals surface area contributed by atoms with Crippen molar-refractivity contribution in [1.29, 1.82) is 0 Å². The predicted octanol–water partition coefficient (Wildman–Crippen LogP) is 21.5. The summed E-state index contributed by atoms with van der Waals surface area (Å²) in [6.07, 6.45) is 0. The van der Waals surface area contributed by atoms with Gasteiger partial charge < -0.3 is 61.3 Å². The number of carboxylic acids is 12. The molecule has 24 heteroatoms. The number of aromatic carboxylic acids is 12. The lowest BCUT2D eigenvalue weighted by atomic mass is 9.87. The van der Waals surface area contributed by atoms with Crippen molar-refractivity contribution in [3.05, 3.63) is 461 Å². The third-order valence-corrected chi connectivity index (χ3v) is 22.7. The first-order valence-electron chi connectivity index (χ1n) is 43.1. The Morgan fingerprint density at radius 1 is 0.104 bits per heavy atom. The first-order chi connectivity index (χ1) is 69.0. The van der Waals surface area contributed by atoms with Crippen LogP contribution in [0, 0.1) is 71.0 Å². The molecule has 0 saturated carbocycles. The molecule has 16 rings (SSSR count). The number of carboxylic acid groups (broad SMARTS) is 12. The molecule has 144 heavy (non-hydrogen) atoms. The van der Waals surface area contributed by atoms with E-state index in [2.05, 4.69) is 71.0 Å². The van der Waals surface area contributed by atoms with Gasteiger partial charge in [0.1, 0.15) is 0 Å². The van der Waals surface area contributed by atoms with Gasteiger partial charge in [-0.3, -0.25) is 0 Å². The van der Waals surface area contributed by atoms with E-state index >= 15 is 0 Å². The molecule has 0 aliphatic rings. The summed E-state index contributed by atoms with van der Waals surface area (Å²) >= 11 is 0. The van der Waals surface area contributed by atoms with Crippen LogP contribution >= 0.6 is 0 Å². The molecule has 16 aromatic rings. The maximum atomic E-state index is 12.1. The number of benzene rings is 16. The van der Waals surface area contributed by atoms with Crippen molar-refractivity contribution < 1.29 is 119 Å². The Hall–Kier alpha value is -21.5. The standard InChI is InChI=1S/C120H66O24/c121-109(122)97-37-73(38-98(61-97)110(123)124)7-1-67-13-25-79(26-14-67)85-49-86(80-27-15-68(16-28-80)2-8-74-39-99(111(125)126)62-100(40-74)112(127)128)53-91(52-85)94-58-95(92-54-87(81-29-17-69(18-30-81)3-9-75-41-101(113(129)130)63-102(42-75)114(131)132)50-88(55-92)82-31-19-70(20-32-82)4-10-76-43-103(115(133)134)64-104(44-76)116(135)136)60-96(59-94)93-56-89(83-33-21-71(22-34-83)5-11-77-45-105(117(137)138)65-106(46-77)118(139)140)51-90(57-93)84-35-23-72(24-36-84)6-12-78-47-107(119(141)142)66-108(48-78)120(143)144/h13-66H,(H,121,122)(H,123,124)(H,125,126)(H,127,128)(H,129,130)(H,131,132)(H,133,134)(H,135,136)(H,137,138)(H,139,140)(H,141,142)(H,143,144). The normalized spacial score (nSPS) is 10.4. The van der Waals surface area contributed by atoms with Crippen molar-refractivity contribution in [2.45, 2.75) is 0 Å². The van der Waals surface area contributed by atoms with E-state index in [1.165, 1.54) is 72.8 Å². The van der Waals surface area contributed by atoms with Crippen LogP contribution in [0.2, 0.25) is 0 Å². The van der Waals surface area contributed by atoms with Gasteiger partial charge in [0, 0.05) is 66.8 Å². The molecule has 0 heterocycles. The van der Waals surface area contributed by atoms with Gasteiger partial charge in [-0.2, -0.15) is 0 Å². The van der Waals surface area contributed by atoms with E-state index in [9.17, 15) is 119 Å². The lowest BCUT2D eigenvalue weighted by Crippen LogP contribution is -2.03. The molecule has 12 N–H and O–H groups in total. The molecule has 0 amide bonds. The van der Waals surface area contributed by atoms with Gasteiger partial charge in [0.25, 0.3) is 0 Å². The fourth-order valence-electron chi connectivity index (χ4n) is 15.5. The Morgan fingerprint density at radius 3 is 0.278 bits per heavy atom. The lowest BCUT2D eigenvalue weighted by Gasteiger charge is -2.17. The van der Waals surface area contributed by atoms with Crippen molar-refractivity contribution in [2.75, 3.05) is 0 Å². The fourth-order valence-corrected chi connectivity index (χ4v) is 15.5. The summed E-state index contributed by atoms with van der Waals surface area (Å²) in [5, 5.41) is 119. The molecular weight excluding hydrogens is 1830 g/mol. The van der Waals surface area contributed by atoms with E-state index in [-0.39, 0.29) is 100 Å². The van der Waals surface area contributed by atoms with E-state index < -0.39 is 71.6 Å². The van der Waals surface area contributed by atoms with Gasteiger partial charge in [0.15, 0.2) is 0 Å². The highest BCUT2D eigenvalue weighted by Gasteiger charge is 2.22. The van der Waals surface area contributed by atoms with Crippen LogP contribution in [0.25, 0.3) is 100 Å². The number of carbonyl (C=O) groups is 12. The highest BCUT2D eigenvalue weighted by molar-refractivity contribution is 6.01. The average Bonchev–Trinajstić information content (AvgIpc) is 0.766. The molecule has 0 bridgehead atoms. The van der Waals surface area contributed by atoms with Crippen LogP contribution in [-0.2, 0) is 0 Å². The van der Waals surface area contributed by atoms with Crippen molar-refractivity contribution in [2.24, 2.45) is 0 Å². The molecule has 0 radical (unpaired) electrons. The van der Waals surface area contributed by atoms with Crippen LogP contribution in [0.4, 0.5) is 0 Å². The molecule has 16 aromatic carbocycles. The maximum absolute atomic E-state index is 12.1. The molecule has 24 nitrogen and oxygen atoms in total. The Balaban J connectivity index is 0.914. The Morgan fingerprint density at radius 2 is 0.188 bits per heavy atom. The molecule has 0 unspecified atom stereocenters. The van der Waals surface area contributed by atoms with E-state index in [0.717, 1.165) is 36.4 Å². The van der Waals surface area contributed by atoms with Crippen LogP contribution < -0.4 is 0 Å². The molecule has 0 aromatic heterocycles. The van der Waals surface area contributed by atoms with Crippen molar-refractivity contribution in [3.63, 3.8) is 0 Å². The fraction of sp³-hybridized carbons (Fsp3) is 0. The minimum Gasteiger partial charge on any atom is -0.478 e. The minimum absolute atomic E-state index is 0.129. The molecular formula is C120H66O24. The quantitative estimate of drug-likeness (QED) is 0.0297. The smallest absolute Gasteiger partial charge is 0.335 e. The van der Waals surface area contributed by atoms with Gasteiger partial charge >= 0.3 is 71.6 Å². The second-order valence-corrected chi connectivity index (χ2v) is 32.6. The number of hydrogen-bond donors (Lipinski definition) is 12. The zero-order valence-corrected chi connectivity index (χ0v) is 74.4. The first-order valence-corrected chi connectivity index (χ1v) is 43.1. The third kappa shape index (κ3) is 23.2. The summed E-state index contributed by atoms with van der Waals surface area (Å²) in [6, 6.07) is 88.2. The first kappa shape index (κ1) is 95.7. The number of hydrogen-bond acceptors (Lipinski definition) is 12. The molecule has 0 fully saturated rings. The lowest BCUT2D eigenvalue weighted by molar-refractivity contribution is 0.0676. The van der Waals surface area contributed by atoms with E-state index in [1.807, 2.05) is 146 Å². The zero-order valence-electron chi connectivity index (χ0n) is 74.4. The van der Waals surface area contributed by atoms with Crippen LogP contribution in [0.1, 0.15) is 191 Å². The third-order valence-electron chi connectivity index (χ3n) is 22.7. The summed E-state index contributed by atoms with van der Waals surface area (Å²) in [6.45, 7) is 0. The Labute approximate surface area is 818 Å². The largest absolute Gasteiger partial charge is 0.478 e. The highest BCUT2D eigenvalue weighted by atomic mass is 16.4. The summed E-state index contributed by atoms with van der Waals surface area (Å²) in [5.74, 6) is 19.4. The summed E-state index contributed by atoms with van der Waals surface area (Å²) in [5.41, 5.74) is 12.0. The van der Waals surface area contributed by atoms with Crippen LogP contribution in [-0.4, -0.2) is 133 Å². The van der Waals surface area contributed by atoms with Gasteiger partial charge in [-0.15, -0.1) is 0 Å². The Kier molecular flexibility index (Phi) is 27.5. The molecule has 0 spiro atoms. The molecule has 0 aliphatic heterocycles. The maximum Gasteiger partial charge on any atom is 0.335 e. The van der Waals surface area contributed by atoms with E-state index in [0.29, 0.717) is 134 Å². The average molecular weight is 1890 g/mol. The number of rotatable bonds is 21. The topological polar surface area (TPSA) is 448 Å². The van der Waals surface area contributed by atoms with Gasteiger partial charge in [-0.25, -0.2) is 57.5 Å². The van der Waals surface area contributed by atoms with Crippen LogP contribution in [0.15, 0.2) is 328 Å². The second kappa shape index (κ2) is 41.4. The molecule has 690 valence electrons. The second-order valence-electron chi connectivity index (χ2n) is 32.6. The van der Waals surface area contributed by atoms with Crippen molar-refractivity contribution in [1.82, 2.24) is 0 Å². The molecule has 0 aliphatic carbocycles. The van der Waals surface area contributed by atoms with Crippen molar-refractivity contribution >= 4 is 71.6 Å². The predicted molar refractivity (Wildman–Crippen MR) is 533 cm³/mol. The van der Waals surface area contributed by atoms with Gasteiger partial charge in [-0.1, -0.05) is 144 Å². The zero-order chi connectivity index (χ0) is 102. The van der Waals surface area contributed by atoms with Gasteiger partial charge in [0.05, 0.1) is 66.8 Å². The van der Waals surface area contributed by atoms with Gasteiger partial charge in [0.2, 0.25) is 0 Å². The van der Waals surface area contributed by atoms with E-state index in [1.54, 1.807) is 72.8 Å². The highest BCUT2D eigenvalue weighted by Crippen LogP contribution is 2.43. The van der Waals surface area contributed by atoms with Crippen molar-refractivity contribution in [3.8, 4) is 171 Å². The Bertz CT molecular complexity index is 7160. The van der Waals surface area contributed by atoms with Crippen LogP contribution in [0.3, 0.4) is 0 Å². The minimum atomic E-state index is -1.36. The monoisotopic (exact) mass is 1890 g/mol. The molecule has 0 saturated heterocycles. The summed E-state index contributed by atoms with van der Waals surface area (Å²) < 4.78 is 0. The summed E-state index contributed by atoms with van der Waals surface area (Å²) in [4.78, 5) is 146. The summed E-state index contributed by atoms with van der Waals surface area (Å²) in [7, 11) is 0. The van der Waals surface area contributed by atoms with Gasteiger partial charge in [-0.05, 0) is 355 Å². The van der Waals surface area contributed by atoms with Crippen LogP contribution in [0.5, 0.6) is 0 Å². The van der Waals surface area contributed by atoms with E-state index in [4.69, 9.17) is 0 Å². The molecule has 0 atom stereocenters. The SMILES string of the molecule is O=C(O)c1cc(C#Cc2ccc(-c3cc(-c4ccc(C#Cc5cc(C(=O)O)cc(C(=O)O)c5)cc4)cc(-c4cc(-c5cc(-c6ccc(C#Cc7cc(C(=O)O)cc(C(=O)O)c7)cc6)cc(-c6ccc(C#Cc7cc(C(=O)O)cc(C(=O)O)c7)cc6)c5)cc(-c5cc(-c6ccc(C#Cc7cc(C(=O)O)cc(C(=O)O)c7)cc6)cc(-c6ccc(C#Cc7cc(C(=O)O)cc(C(=O)O)c7)cc6)c5)c4)c3)cc2)cc(C(=O)O)c1.